The molecule has 0 saturated carbocycles. The van der Waals surface area contributed by atoms with E-state index in [1.807, 2.05) is 45.2 Å². The van der Waals surface area contributed by atoms with E-state index < -0.39 is 0 Å². The molecule has 0 radical (unpaired) electrons. The summed E-state index contributed by atoms with van der Waals surface area (Å²) in [5.41, 5.74) is 1.38. The van der Waals surface area contributed by atoms with E-state index >= 15 is 0 Å². The Kier molecular flexibility index (Phi) is 5.28. The van der Waals surface area contributed by atoms with Crippen LogP contribution in [0.3, 0.4) is 0 Å². The molecule has 1 aliphatic rings. The Balaban J connectivity index is 0.00000256. The van der Waals surface area contributed by atoms with Gasteiger partial charge in [-0.15, -0.1) is 0 Å². The summed E-state index contributed by atoms with van der Waals surface area (Å²) < 4.78 is 7.37. The third-order valence-corrected chi connectivity index (χ3v) is 5.00. The van der Waals surface area contributed by atoms with Crippen LogP contribution < -0.4 is 15.0 Å². The molecule has 1 aromatic carbocycles. The average molecular weight is 397 g/mol. The Bertz CT molecular complexity index is 1020. The van der Waals surface area contributed by atoms with Gasteiger partial charge in [0.2, 0.25) is 5.95 Å². The Morgan fingerprint density at radius 2 is 2.07 bits per heavy atom. The maximum absolute atomic E-state index is 12.7. The molecule has 29 heavy (non-hydrogen) atoms. The molecule has 2 aromatic heterocycles. The first kappa shape index (κ1) is 19.1. The Morgan fingerprint density at radius 3 is 2.76 bits per heavy atom. The van der Waals surface area contributed by atoms with Crippen molar-refractivity contribution in [2.75, 3.05) is 18.0 Å². The van der Waals surface area contributed by atoms with Gasteiger partial charge in [0, 0.05) is 45.3 Å². The molecular weight excluding hydrogens is 370 g/mol. The number of amides is 1. The molecule has 1 fully saturated rings. The molecule has 3 heterocycles. The molecular formula is C20H27N7O2. The van der Waals surface area contributed by atoms with Crippen molar-refractivity contribution in [2.24, 2.45) is 7.05 Å². The number of anilines is 1. The lowest BCUT2D eigenvalue weighted by molar-refractivity contribution is 0.0931. The Labute approximate surface area is 170 Å². The number of rotatable bonds is 5. The maximum atomic E-state index is 12.7. The zero-order valence-corrected chi connectivity index (χ0v) is 16.9. The van der Waals surface area contributed by atoms with Gasteiger partial charge in [0.25, 0.3) is 5.91 Å². The molecule has 1 N–H and O–H groups in total. The number of pyridine rings is 1. The van der Waals surface area contributed by atoms with E-state index in [-0.39, 0.29) is 19.5 Å². The topological polar surface area (TPSA) is 98.1 Å². The Morgan fingerprint density at radius 1 is 1.28 bits per heavy atom. The van der Waals surface area contributed by atoms with E-state index in [0.717, 1.165) is 48.5 Å². The molecule has 154 valence electrons. The minimum absolute atomic E-state index is 0. The normalized spacial score (nSPS) is 15.1. The molecule has 1 aliphatic heterocycles. The van der Waals surface area contributed by atoms with Crippen LogP contribution in [0.2, 0.25) is 0 Å². The second-order valence-corrected chi connectivity index (χ2v) is 7.58. The van der Waals surface area contributed by atoms with Crippen LogP contribution in [0, 0.1) is 0 Å². The van der Waals surface area contributed by atoms with Crippen molar-refractivity contribution in [2.45, 2.75) is 38.8 Å². The zero-order valence-electron chi connectivity index (χ0n) is 16.9. The highest BCUT2D eigenvalue weighted by molar-refractivity contribution is 5.97. The predicted molar refractivity (Wildman–Crippen MR) is 111 cm³/mol. The van der Waals surface area contributed by atoms with Crippen molar-refractivity contribution in [3.63, 3.8) is 0 Å². The van der Waals surface area contributed by atoms with Crippen molar-refractivity contribution >= 4 is 22.8 Å². The summed E-state index contributed by atoms with van der Waals surface area (Å²) in [5.74, 6) is 1.44. The first-order valence-electron chi connectivity index (χ1n) is 9.84. The van der Waals surface area contributed by atoms with Gasteiger partial charge in [-0.3, -0.25) is 9.78 Å². The van der Waals surface area contributed by atoms with Crippen LogP contribution in [0.4, 0.5) is 5.95 Å². The number of hydrogen-bond donors (Lipinski definition) is 1. The van der Waals surface area contributed by atoms with Crippen LogP contribution in [-0.2, 0) is 7.05 Å². The second kappa shape index (κ2) is 8.02. The fourth-order valence-electron chi connectivity index (χ4n) is 3.56. The van der Waals surface area contributed by atoms with Crippen molar-refractivity contribution in [3.8, 4) is 5.75 Å². The highest BCUT2D eigenvalue weighted by atomic mass is 16.5. The number of benzene rings is 1. The van der Waals surface area contributed by atoms with Crippen molar-refractivity contribution in [1.29, 1.82) is 0 Å². The summed E-state index contributed by atoms with van der Waals surface area (Å²) in [6, 6.07) is 7.73. The minimum atomic E-state index is -0.0966. The van der Waals surface area contributed by atoms with E-state index in [9.17, 15) is 4.79 Å². The molecule has 9 heteroatoms. The first-order chi connectivity index (χ1) is 14.0. The number of aryl methyl sites for hydroxylation is 1. The van der Waals surface area contributed by atoms with E-state index in [4.69, 9.17) is 4.74 Å². The number of fused-ring (bicyclic) bond motifs is 1. The number of carbonyl (C=O) groups excluding carboxylic acids is 1. The molecule has 0 unspecified atom stereocenters. The summed E-state index contributed by atoms with van der Waals surface area (Å²) >= 11 is 0. The van der Waals surface area contributed by atoms with Gasteiger partial charge in [-0.1, -0.05) is 5.10 Å². The molecule has 9 nitrogen and oxygen atoms in total. The minimum Gasteiger partial charge on any atom is -0.491 e. The fourth-order valence-corrected chi connectivity index (χ4v) is 3.56. The summed E-state index contributed by atoms with van der Waals surface area (Å²) in [6.45, 7) is 5.57. The number of hydrogen-bond acceptors (Lipinski definition) is 7. The van der Waals surface area contributed by atoms with Gasteiger partial charge in [0.05, 0.1) is 17.2 Å². The molecule has 4 rings (SSSR count). The smallest absolute Gasteiger partial charge is 0.253 e. The van der Waals surface area contributed by atoms with Crippen molar-refractivity contribution in [3.05, 3.63) is 36.0 Å². The van der Waals surface area contributed by atoms with Crippen LogP contribution in [0.15, 0.2) is 30.5 Å². The highest BCUT2D eigenvalue weighted by Crippen LogP contribution is 2.22. The average Bonchev–Trinajstić information content (AvgIpc) is 3.13. The predicted octanol–water partition coefficient (Wildman–Crippen LogP) is 2.19. The van der Waals surface area contributed by atoms with Crippen LogP contribution in [0.25, 0.3) is 10.9 Å². The Hall–Kier alpha value is -3.23. The van der Waals surface area contributed by atoms with Crippen molar-refractivity contribution in [1.82, 2.24) is 30.5 Å². The molecule has 1 saturated heterocycles. The molecule has 1 amide bonds. The van der Waals surface area contributed by atoms with Gasteiger partial charge in [-0.05, 0) is 55.3 Å². The van der Waals surface area contributed by atoms with Gasteiger partial charge < -0.3 is 15.0 Å². The van der Waals surface area contributed by atoms with Crippen LogP contribution in [0.5, 0.6) is 5.75 Å². The van der Waals surface area contributed by atoms with E-state index in [1.54, 1.807) is 10.9 Å². The van der Waals surface area contributed by atoms with E-state index in [2.05, 4.69) is 30.7 Å². The lowest BCUT2D eigenvalue weighted by atomic mass is 10.0. The summed E-state index contributed by atoms with van der Waals surface area (Å²) in [4.78, 5) is 19.3. The fraction of sp³-hybridized carbons (Fsp3) is 0.450. The highest BCUT2D eigenvalue weighted by Gasteiger charge is 2.24. The molecule has 0 atom stereocenters. The largest absolute Gasteiger partial charge is 0.491 e. The molecule has 3 aromatic rings. The first-order valence-corrected chi connectivity index (χ1v) is 9.84. The molecule has 0 spiro atoms. The standard InChI is InChI=1S/C20H25N7O2.H2/c1-13(2)29-17-5-4-14-10-15(12-21-18(14)11-17)19(28)22-16-6-8-27(9-7-16)20-23-24-25-26(20)3;/h4-5,10-13,16H,6-9H2,1-3H3,(H,22,28);1H. The number of ether oxygens (including phenoxy) is 1. The van der Waals surface area contributed by atoms with Gasteiger partial charge in [-0.2, -0.15) is 0 Å². The third kappa shape index (κ3) is 4.28. The summed E-state index contributed by atoms with van der Waals surface area (Å²) in [5, 5.41) is 15.6. The van der Waals surface area contributed by atoms with Gasteiger partial charge in [-0.25, -0.2) is 4.68 Å². The lowest BCUT2D eigenvalue weighted by Gasteiger charge is -2.32. The van der Waals surface area contributed by atoms with Crippen LogP contribution in [-0.4, -0.2) is 56.3 Å². The number of tetrazole rings is 1. The van der Waals surface area contributed by atoms with Gasteiger partial charge in [0.1, 0.15) is 5.75 Å². The quantitative estimate of drug-likeness (QED) is 0.705. The van der Waals surface area contributed by atoms with E-state index in [1.165, 1.54) is 0 Å². The van der Waals surface area contributed by atoms with Crippen LogP contribution in [0.1, 0.15) is 38.5 Å². The molecule has 0 bridgehead atoms. The van der Waals surface area contributed by atoms with Gasteiger partial charge in [0.15, 0.2) is 0 Å². The number of nitrogens with zero attached hydrogens (tertiary/aromatic N) is 6. The maximum Gasteiger partial charge on any atom is 0.253 e. The van der Waals surface area contributed by atoms with Gasteiger partial charge >= 0.3 is 0 Å². The van der Waals surface area contributed by atoms with Crippen molar-refractivity contribution < 1.29 is 11.0 Å². The lowest BCUT2D eigenvalue weighted by Crippen LogP contribution is -2.45. The van der Waals surface area contributed by atoms with E-state index in [0.29, 0.717) is 5.56 Å². The summed E-state index contributed by atoms with van der Waals surface area (Å²) in [7, 11) is 1.83. The third-order valence-electron chi connectivity index (χ3n) is 5.00. The van der Waals surface area contributed by atoms with Crippen LogP contribution >= 0.6 is 0 Å². The number of piperidine rings is 1. The summed E-state index contributed by atoms with van der Waals surface area (Å²) in [6.07, 6.45) is 3.41. The zero-order chi connectivity index (χ0) is 20.4. The number of nitrogens with one attached hydrogen (secondary N) is 1. The number of carbonyl (C=O) groups is 1. The SMILES string of the molecule is CC(C)Oc1ccc2cc(C(=O)NC3CCN(c4nnnn4C)CC3)cnc2c1.[HH]. The molecule has 0 aliphatic carbocycles. The number of aromatic nitrogens is 5. The monoisotopic (exact) mass is 397 g/mol. The second-order valence-electron chi connectivity index (χ2n) is 7.58.